The molecule has 1 N–H and O–H groups in total. The van der Waals surface area contributed by atoms with Crippen LogP contribution in [0.2, 0.25) is 0 Å². The molecular weight excluding hydrogens is 212 g/mol. The summed E-state index contributed by atoms with van der Waals surface area (Å²) in [6.07, 6.45) is 8.06. The first-order valence-corrected chi connectivity index (χ1v) is 7.21. The number of ether oxygens (including phenoxy) is 1. The van der Waals surface area contributed by atoms with Crippen molar-refractivity contribution in [3.05, 3.63) is 0 Å². The molecule has 2 heteroatoms. The molecule has 1 rings (SSSR count). The highest BCUT2D eigenvalue weighted by atomic mass is 16.5. The summed E-state index contributed by atoms with van der Waals surface area (Å²) >= 11 is 0. The van der Waals surface area contributed by atoms with Gasteiger partial charge in [-0.25, -0.2) is 0 Å². The van der Waals surface area contributed by atoms with E-state index in [9.17, 15) is 5.11 Å². The molecule has 1 saturated carbocycles. The monoisotopic (exact) mass is 242 g/mol. The average molecular weight is 242 g/mol. The van der Waals surface area contributed by atoms with Crippen molar-refractivity contribution in [1.29, 1.82) is 0 Å². The van der Waals surface area contributed by atoms with E-state index < -0.39 is 0 Å². The van der Waals surface area contributed by atoms with E-state index in [1.54, 1.807) is 7.11 Å². The largest absolute Gasteiger partial charge is 0.393 e. The summed E-state index contributed by atoms with van der Waals surface area (Å²) in [5, 5.41) is 10.2. The van der Waals surface area contributed by atoms with Gasteiger partial charge in [-0.05, 0) is 51.4 Å². The summed E-state index contributed by atoms with van der Waals surface area (Å²) in [5.41, 5.74) is -0.0956. The molecule has 102 valence electrons. The quantitative estimate of drug-likeness (QED) is 0.768. The Labute approximate surface area is 107 Å². The number of hydrogen-bond acceptors (Lipinski definition) is 2. The van der Waals surface area contributed by atoms with Crippen LogP contribution in [0.15, 0.2) is 0 Å². The van der Waals surface area contributed by atoms with Crippen LogP contribution in [-0.4, -0.2) is 23.9 Å². The highest BCUT2D eigenvalue weighted by molar-refractivity contribution is 4.79. The second-order valence-corrected chi connectivity index (χ2v) is 6.26. The van der Waals surface area contributed by atoms with Crippen LogP contribution in [0, 0.1) is 11.8 Å². The molecule has 0 radical (unpaired) electrons. The van der Waals surface area contributed by atoms with E-state index in [1.807, 2.05) is 0 Å². The summed E-state index contributed by atoms with van der Waals surface area (Å²) < 4.78 is 5.40. The van der Waals surface area contributed by atoms with Crippen molar-refractivity contribution in [2.75, 3.05) is 7.11 Å². The van der Waals surface area contributed by atoms with Crippen LogP contribution < -0.4 is 0 Å². The Morgan fingerprint density at radius 2 is 1.82 bits per heavy atom. The van der Waals surface area contributed by atoms with Gasteiger partial charge in [0.2, 0.25) is 0 Å². The lowest BCUT2D eigenvalue weighted by atomic mass is 9.77. The zero-order valence-electron chi connectivity index (χ0n) is 12.0. The van der Waals surface area contributed by atoms with Crippen LogP contribution in [0.25, 0.3) is 0 Å². The van der Waals surface area contributed by atoms with Gasteiger partial charge in [0, 0.05) is 7.11 Å². The van der Waals surface area contributed by atoms with Crippen molar-refractivity contribution in [1.82, 2.24) is 0 Å². The molecule has 17 heavy (non-hydrogen) atoms. The summed E-state index contributed by atoms with van der Waals surface area (Å²) in [6, 6.07) is 0. The predicted molar refractivity (Wildman–Crippen MR) is 72.1 cm³/mol. The van der Waals surface area contributed by atoms with Gasteiger partial charge in [0.1, 0.15) is 0 Å². The van der Waals surface area contributed by atoms with Crippen LogP contribution in [0.1, 0.15) is 65.7 Å². The Morgan fingerprint density at radius 1 is 1.24 bits per heavy atom. The average Bonchev–Trinajstić information content (AvgIpc) is 2.36. The maximum absolute atomic E-state index is 10.2. The zero-order valence-corrected chi connectivity index (χ0v) is 12.0. The maximum Gasteiger partial charge on any atom is 0.0623 e. The zero-order chi connectivity index (χ0) is 12.9. The van der Waals surface area contributed by atoms with Crippen LogP contribution in [0.3, 0.4) is 0 Å². The molecule has 1 aliphatic rings. The Balaban J connectivity index is 2.27. The SMILES string of the molecule is CCC1CCC(C(O)CCC(C)(C)OC)CC1. The van der Waals surface area contributed by atoms with Crippen LogP contribution in [0.5, 0.6) is 0 Å². The maximum atomic E-state index is 10.2. The van der Waals surface area contributed by atoms with Gasteiger partial charge in [0.15, 0.2) is 0 Å². The molecule has 0 aromatic rings. The number of rotatable bonds is 6. The van der Waals surface area contributed by atoms with Gasteiger partial charge in [0.05, 0.1) is 11.7 Å². The summed E-state index contributed by atoms with van der Waals surface area (Å²) in [4.78, 5) is 0. The predicted octanol–water partition coefficient (Wildman–Crippen LogP) is 3.77. The van der Waals surface area contributed by atoms with E-state index in [1.165, 1.54) is 32.1 Å². The fourth-order valence-corrected chi connectivity index (χ4v) is 2.81. The Kier molecular flexibility index (Phi) is 5.94. The number of methoxy groups -OCH3 is 1. The van der Waals surface area contributed by atoms with Gasteiger partial charge in [-0.2, -0.15) is 0 Å². The first-order valence-electron chi connectivity index (χ1n) is 7.21. The molecule has 0 amide bonds. The van der Waals surface area contributed by atoms with Gasteiger partial charge in [-0.1, -0.05) is 26.2 Å². The van der Waals surface area contributed by atoms with Crippen molar-refractivity contribution in [2.45, 2.75) is 77.4 Å². The highest BCUT2D eigenvalue weighted by Gasteiger charge is 2.27. The van der Waals surface area contributed by atoms with Crippen molar-refractivity contribution >= 4 is 0 Å². The molecular formula is C15H30O2. The lowest BCUT2D eigenvalue weighted by Crippen LogP contribution is -2.29. The Hall–Kier alpha value is -0.0800. The van der Waals surface area contributed by atoms with E-state index in [2.05, 4.69) is 20.8 Å². The van der Waals surface area contributed by atoms with Gasteiger partial charge < -0.3 is 9.84 Å². The molecule has 1 aliphatic carbocycles. The first-order chi connectivity index (χ1) is 7.98. The van der Waals surface area contributed by atoms with Gasteiger partial charge in [0.25, 0.3) is 0 Å². The fraction of sp³-hybridized carbons (Fsp3) is 1.00. The molecule has 0 aromatic carbocycles. The third-order valence-corrected chi connectivity index (χ3v) is 4.61. The molecule has 1 fully saturated rings. The molecule has 0 spiro atoms. The van der Waals surface area contributed by atoms with E-state index in [4.69, 9.17) is 4.74 Å². The smallest absolute Gasteiger partial charge is 0.0623 e. The van der Waals surface area contributed by atoms with Gasteiger partial charge in [-0.15, -0.1) is 0 Å². The van der Waals surface area contributed by atoms with Crippen molar-refractivity contribution < 1.29 is 9.84 Å². The molecule has 0 bridgehead atoms. The van der Waals surface area contributed by atoms with Crippen LogP contribution in [0.4, 0.5) is 0 Å². The van der Waals surface area contributed by atoms with E-state index in [-0.39, 0.29) is 11.7 Å². The van der Waals surface area contributed by atoms with Gasteiger partial charge in [-0.3, -0.25) is 0 Å². The highest BCUT2D eigenvalue weighted by Crippen LogP contribution is 2.34. The first kappa shape index (κ1) is 15.0. The second kappa shape index (κ2) is 6.75. The molecule has 1 atom stereocenters. The number of hydrogen-bond donors (Lipinski definition) is 1. The minimum atomic E-state index is -0.123. The molecule has 0 aromatic heterocycles. The normalized spacial score (nSPS) is 28.1. The lowest BCUT2D eigenvalue weighted by Gasteiger charge is -2.32. The number of aliphatic hydroxyl groups excluding tert-OH is 1. The summed E-state index contributed by atoms with van der Waals surface area (Å²) in [5.74, 6) is 1.44. The third-order valence-electron chi connectivity index (χ3n) is 4.61. The lowest BCUT2D eigenvalue weighted by molar-refractivity contribution is -0.00865. The summed E-state index contributed by atoms with van der Waals surface area (Å²) in [6.45, 7) is 6.46. The number of aliphatic hydroxyl groups is 1. The Morgan fingerprint density at radius 3 is 2.29 bits per heavy atom. The van der Waals surface area contributed by atoms with Crippen molar-refractivity contribution in [3.63, 3.8) is 0 Å². The van der Waals surface area contributed by atoms with Gasteiger partial charge >= 0.3 is 0 Å². The summed E-state index contributed by atoms with van der Waals surface area (Å²) in [7, 11) is 1.75. The van der Waals surface area contributed by atoms with Crippen LogP contribution >= 0.6 is 0 Å². The standard InChI is InChI=1S/C15H30O2/c1-5-12-6-8-13(9-7-12)14(16)10-11-15(2,3)17-4/h12-14,16H,5-11H2,1-4H3. The minimum Gasteiger partial charge on any atom is -0.393 e. The minimum absolute atomic E-state index is 0.0956. The third kappa shape index (κ3) is 4.97. The van der Waals surface area contributed by atoms with E-state index >= 15 is 0 Å². The van der Waals surface area contributed by atoms with Crippen molar-refractivity contribution in [3.8, 4) is 0 Å². The van der Waals surface area contributed by atoms with Crippen LogP contribution in [-0.2, 0) is 4.74 Å². The van der Waals surface area contributed by atoms with E-state index in [0.29, 0.717) is 5.92 Å². The molecule has 0 aliphatic heterocycles. The molecule has 0 saturated heterocycles. The topological polar surface area (TPSA) is 29.5 Å². The fourth-order valence-electron chi connectivity index (χ4n) is 2.81. The molecule has 2 nitrogen and oxygen atoms in total. The van der Waals surface area contributed by atoms with E-state index in [0.717, 1.165) is 18.8 Å². The second-order valence-electron chi connectivity index (χ2n) is 6.26. The molecule has 1 unspecified atom stereocenters. The Bertz CT molecular complexity index is 205. The molecule has 0 heterocycles. The van der Waals surface area contributed by atoms with Crippen molar-refractivity contribution in [2.24, 2.45) is 11.8 Å².